The molecule has 9 aromatic rings. The zero-order chi connectivity index (χ0) is 76.5. The molecule has 5 aromatic heterocycles. The highest BCUT2D eigenvalue weighted by atomic mass is 32.1. The molecule has 0 saturated heterocycles. The normalized spacial score (nSPS) is 11.8. The Labute approximate surface area is 664 Å². The Bertz CT molecular complexity index is 4430. The van der Waals surface area contributed by atoms with E-state index in [1.807, 2.05) is 6.07 Å². The molecule has 2 aliphatic rings. The molecule has 0 atom stereocenters. The fourth-order valence-corrected chi connectivity index (χ4v) is 17.1. The van der Waals surface area contributed by atoms with Gasteiger partial charge in [-0.15, -0.1) is 22.7 Å². The van der Waals surface area contributed by atoms with Crippen molar-refractivity contribution >= 4 is 101 Å². The van der Waals surface area contributed by atoms with Crippen LogP contribution in [0.3, 0.4) is 0 Å². The van der Waals surface area contributed by atoms with E-state index in [-0.39, 0.29) is 0 Å². The first-order chi connectivity index (χ1) is 54.2. The fourth-order valence-electron chi connectivity index (χ4n) is 15.0. The van der Waals surface area contributed by atoms with E-state index in [0.717, 1.165) is 193 Å². The number of hydrogen-bond acceptors (Lipinski definition) is 10. The van der Waals surface area contributed by atoms with E-state index in [2.05, 4.69) is 202 Å². The maximum Gasteiger partial charge on any atom is 0.345 e. The Kier molecular flexibility index (Phi) is 33.1. The van der Waals surface area contributed by atoms with Gasteiger partial charge in [-0.25, -0.2) is 14.8 Å². The van der Waals surface area contributed by atoms with Crippen LogP contribution in [-0.2, 0) is 12.8 Å². The van der Waals surface area contributed by atoms with Crippen molar-refractivity contribution in [1.29, 1.82) is 0 Å². The number of anilines is 3. The van der Waals surface area contributed by atoms with Crippen LogP contribution in [0.2, 0.25) is 0 Å². The van der Waals surface area contributed by atoms with Crippen molar-refractivity contribution in [3.63, 3.8) is 0 Å². The molecule has 0 aliphatic carbocycles. The highest BCUT2D eigenvalue weighted by Crippen LogP contribution is 2.48. The summed E-state index contributed by atoms with van der Waals surface area (Å²) >= 11 is 2.77. The molecule has 0 spiro atoms. The number of hydrogen-bond donors (Lipinski definition) is 3. The molecule has 4 aromatic carbocycles. The Balaban J connectivity index is 1.22. The lowest BCUT2D eigenvalue weighted by molar-refractivity contribution is 0.0702. The number of rotatable bonds is 48. The number of ether oxygens (including phenoxy) is 4. The van der Waals surface area contributed by atoms with E-state index < -0.39 is 5.97 Å². The summed E-state index contributed by atoms with van der Waals surface area (Å²) in [7, 11) is 0. The number of aromatic nitrogens is 4. The van der Waals surface area contributed by atoms with Crippen LogP contribution in [-0.4, -0.2) is 57.4 Å². The van der Waals surface area contributed by atoms with Crippen LogP contribution in [0.25, 0.3) is 78.0 Å². The second-order valence-electron chi connectivity index (χ2n) is 30.0. The number of carboxylic acid groups (broad SMARTS) is 1. The number of nitrogens with one attached hydrogen (secondary N) is 2. The number of benzene rings is 4. The molecule has 0 amide bonds. The molecule has 0 saturated carbocycles. The van der Waals surface area contributed by atoms with Crippen molar-refractivity contribution < 1.29 is 28.8 Å². The van der Waals surface area contributed by atoms with Crippen LogP contribution >= 0.6 is 22.7 Å². The lowest BCUT2D eigenvalue weighted by Gasteiger charge is -2.27. The molecule has 11 nitrogen and oxygen atoms in total. The molecule has 3 N–H and O–H groups in total. The van der Waals surface area contributed by atoms with Gasteiger partial charge in [0.2, 0.25) is 0 Å². The number of unbranched alkanes of at least 4 members (excludes halogenated alkanes) is 26. The van der Waals surface area contributed by atoms with Gasteiger partial charge in [0.25, 0.3) is 0 Å². The quantitative estimate of drug-likeness (QED) is 0.0252. The largest absolute Gasteiger partial charge is 0.493 e. The molecule has 582 valence electrons. The maximum atomic E-state index is 12.2. The van der Waals surface area contributed by atoms with Crippen LogP contribution in [0.4, 0.5) is 17.1 Å². The summed E-state index contributed by atoms with van der Waals surface area (Å²) in [5, 5.41) is 9.98. The van der Waals surface area contributed by atoms with Crippen LogP contribution in [0.1, 0.15) is 301 Å². The fraction of sp³-hybridized carbons (Fsp3) is 0.454. The first-order valence-corrected chi connectivity index (χ1v) is 44.0. The molecule has 13 heteroatoms. The van der Waals surface area contributed by atoms with Crippen molar-refractivity contribution in [3.05, 3.63) is 171 Å². The van der Waals surface area contributed by atoms with Crippen molar-refractivity contribution in [2.24, 2.45) is 0 Å². The maximum absolute atomic E-state index is 12.2. The monoisotopic (exact) mass is 1520 g/mol. The average molecular weight is 1520 g/mol. The highest BCUT2D eigenvalue weighted by Gasteiger charge is 2.27. The number of carbonyl (C=O) groups is 1. The number of aromatic carboxylic acids is 1. The zero-order valence-corrected chi connectivity index (χ0v) is 68.5. The smallest absolute Gasteiger partial charge is 0.345 e. The Morgan fingerprint density at radius 1 is 0.382 bits per heavy atom. The predicted molar refractivity (Wildman–Crippen MR) is 468 cm³/mol. The third-order valence-corrected chi connectivity index (χ3v) is 23.4. The molecular weight excluding hydrogens is 1400 g/mol. The average Bonchev–Trinajstić information content (AvgIpc) is 1.59. The lowest BCUT2D eigenvalue weighted by Crippen LogP contribution is -2.12. The second-order valence-corrected chi connectivity index (χ2v) is 32.2. The minimum atomic E-state index is -0.931. The Hall–Kier alpha value is -8.83. The van der Waals surface area contributed by atoms with E-state index in [0.29, 0.717) is 42.6 Å². The Morgan fingerprint density at radius 2 is 0.745 bits per heavy atom. The van der Waals surface area contributed by atoms with Gasteiger partial charge in [-0.3, -0.25) is 0 Å². The van der Waals surface area contributed by atoms with Gasteiger partial charge < -0.3 is 38.9 Å². The second kappa shape index (κ2) is 44.3. The van der Waals surface area contributed by atoms with E-state index in [9.17, 15) is 9.90 Å². The molecule has 7 heterocycles. The van der Waals surface area contributed by atoms with Crippen molar-refractivity contribution in [1.82, 2.24) is 19.9 Å². The van der Waals surface area contributed by atoms with Gasteiger partial charge in [0.1, 0.15) is 27.9 Å². The molecule has 0 unspecified atom stereocenters. The Morgan fingerprint density at radius 3 is 1.17 bits per heavy atom. The number of carboxylic acids is 1. The SMILES string of the molecule is CCCCCCCCOc1cccc(OCCCCCCCC)c1-c1c2nc(c(N(c3ccc(CCCCCC)cc3)c3ccc(CCCCCC)cc3)c3ccc([nH]3)c(-c3c(OCCCCCCCC)cccc3OCCCCCCCC)c3nc(c(C#Cc4cc5sc(C(=O)O)cc5s4)c4ccc1[nH]4)C=C3)C=C2. The molecule has 8 bridgehead atoms. The summed E-state index contributed by atoms with van der Waals surface area (Å²) in [6, 6.07) is 43.6. The molecular formula is C97H121N5O6S2. The van der Waals surface area contributed by atoms with Gasteiger partial charge in [0, 0.05) is 42.9 Å². The number of aryl methyl sites for hydroxylation is 2. The minimum Gasteiger partial charge on any atom is -0.493 e. The number of nitrogens with zero attached hydrogens (tertiary/aromatic N) is 3. The summed E-state index contributed by atoms with van der Waals surface area (Å²) in [4.78, 5) is 35.7. The van der Waals surface area contributed by atoms with Crippen LogP contribution in [0.15, 0.2) is 121 Å². The zero-order valence-electron chi connectivity index (χ0n) is 66.9. The van der Waals surface area contributed by atoms with E-state index in [1.165, 1.54) is 175 Å². The van der Waals surface area contributed by atoms with Crippen molar-refractivity contribution in [2.75, 3.05) is 31.3 Å². The third-order valence-electron chi connectivity index (χ3n) is 21.2. The first-order valence-electron chi connectivity index (χ1n) is 42.4. The van der Waals surface area contributed by atoms with Gasteiger partial charge in [0.05, 0.1) is 87.5 Å². The van der Waals surface area contributed by atoms with Crippen molar-refractivity contribution in [3.8, 4) is 57.1 Å². The number of aromatic amines is 2. The molecule has 0 radical (unpaired) electrons. The molecule has 11 rings (SSSR count). The highest BCUT2D eigenvalue weighted by molar-refractivity contribution is 7.28. The van der Waals surface area contributed by atoms with Gasteiger partial charge >= 0.3 is 5.97 Å². The standard InChI is InChI=1S/C97H121N5O6S2/c1-7-13-19-25-29-35-65-105-85-43-39-44-86(106-66-36-30-26-20-14-8-2)94(85)92-79-59-57-77(98-79)76(56-55-75-69-89-90(109-75)70-91(110-89)97(103)104)78-58-60-80(99-78)93(95-87(107-67-37-31-27-21-15-9-3)45-40-46-88(95)108-68-38-32-28-22-16-10-4)82-62-64-84(101-82)96(83-63-61-81(92)100-83)102(73-51-47-71(48-52-73)41-33-23-17-11-5)74-53-49-72(50-54-74)42-34-24-18-12-6/h39-40,43-54,57-64,69-70,98,101H,7-38,41-42,65-68H2,1-6H3,(H,103,104). The third kappa shape index (κ3) is 22.9. The summed E-state index contributed by atoms with van der Waals surface area (Å²) in [6.45, 7) is 15.8. The molecule has 110 heavy (non-hydrogen) atoms. The van der Waals surface area contributed by atoms with Crippen LogP contribution in [0, 0.1) is 11.8 Å². The van der Waals surface area contributed by atoms with Gasteiger partial charge in [0.15, 0.2) is 0 Å². The topological polar surface area (TPSA) is 135 Å². The molecule has 2 aliphatic heterocycles. The number of fused-ring (bicyclic) bond motifs is 9. The van der Waals surface area contributed by atoms with Crippen LogP contribution < -0.4 is 23.8 Å². The van der Waals surface area contributed by atoms with Crippen LogP contribution in [0.5, 0.6) is 23.0 Å². The minimum absolute atomic E-state index is 0.308. The van der Waals surface area contributed by atoms with Gasteiger partial charge in [-0.05, 0) is 172 Å². The summed E-state index contributed by atoms with van der Waals surface area (Å²) in [6.07, 6.45) is 47.6. The summed E-state index contributed by atoms with van der Waals surface area (Å²) in [5.74, 6) is 9.28. The summed E-state index contributed by atoms with van der Waals surface area (Å²) in [5.41, 5.74) is 15.7. The van der Waals surface area contributed by atoms with Gasteiger partial charge in [-0.2, -0.15) is 0 Å². The summed E-state index contributed by atoms with van der Waals surface area (Å²) < 4.78 is 30.2. The number of H-pyrrole nitrogens is 2. The first kappa shape index (κ1) is 82.1. The van der Waals surface area contributed by atoms with E-state index in [1.54, 1.807) is 6.07 Å². The van der Waals surface area contributed by atoms with Crippen molar-refractivity contribution in [2.45, 2.75) is 260 Å². The number of thiophene rings is 2. The lowest BCUT2D eigenvalue weighted by atomic mass is 10.0. The van der Waals surface area contributed by atoms with E-state index >= 15 is 0 Å². The molecule has 0 fully saturated rings. The van der Waals surface area contributed by atoms with E-state index in [4.69, 9.17) is 28.9 Å². The predicted octanol–water partition coefficient (Wildman–Crippen LogP) is 29.0. The van der Waals surface area contributed by atoms with Gasteiger partial charge in [-0.1, -0.05) is 257 Å².